The minimum absolute atomic E-state index is 0.494. The predicted octanol–water partition coefficient (Wildman–Crippen LogP) is 4.31. The molecule has 0 aliphatic carbocycles. The van der Waals surface area contributed by atoms with Crippen LogP contribution in [0.5, 0.6) is 11.5 Å². The summed E-state index contributed by atoms with van der Waals surface area (Å²) in [7, 11) is 0. The number of nitrogens with one attached hydrogen (secondary N) is 2. The maximum Gasteiger partial charge on any atom is 0.123 e. The number of benzene rings is 2. The molecule has 0 amide bonds. The summed E-state index contributed by atoms with van der Waals surface area (Å²) in [5.41, 5.74) is 3.64. The zero-order valence-corrected chi connectivity index (χ0v) is 17.5. The summed E-state index contributed by atoms with van der Waals surface area (Å²) >= 11 is 0. The molecule has 1 atom stereocenters. The van der Waals surface area contributed by atoms with E-state index in [0.717, 1.165) is 43.6 Å². The van der Waals surface area contributed by atoms with Crippen LogP contribution in [0.25, 0.3) is 0 Å². The Morgan fingerprint density at radius 3 is 2.46 bits per heavy atom. The van der Waals surface area contributed by atoms with Crippen molar-refractivity contribution in [1.82, 2.24) is 10.6 Å². The van der Waals surface area contributed by atoms with Crippen LogP contribution in [0.15, 0.2) is 42.5 Å². The van der Waals surface area contributed by atoms with Crippen LogP contribution < -0.4 is 20.1 Å². The van der Waals surface area contributed by atoms with E-state index in [9.17, 15) is 0 Å². The van der Waals surface area contributed by atoms with Crippen LogP contribution in [-0.4, -0.2) is 26.2 Å². The highest BCUT2D eigenvalue weighted by Gasteiger charge is 2.13. The van der Waals surface area contributed by atoms with Crippen molar-refractivity contribution in [2.75, 3.05) is 26.2 Å². The van der Waals surface area contributed by atoms with Crippen molar-refractivity contribution in [2.45, 2.75) is 40.3 Å². The zero-order valence-electron chi connectivity index (χ0n) is 17.5. The minimum Gasteiger partial charge on any atom is -0.493 e. The fourth-order valence-corrected chi connectivity index (χ4v) is 3.32. The first-order chi connectivity index (χ1) is 13.6. The third kappa shape index (κ3) is 6.84. The van der Waals surface area contributed by atoms with Gasteiger partial charge in [-0.15, -0.1) is 0 Å². The fraction of sp³-hybridized carbons (Fsp3) is 0.500. The number of rotatable bonds is 10. The molecule has 152 valence electrons. The molecule has 4 heteroatoms. The lowest BCUT2D eigenvalue weighted by Gasteiger charge is -2.15. The lowest BCUT2D eigenvalue weighted by atomic mass is 10.1. The van der Waals surface area contributed by atoms with E-state index >= 15 is 0 Å². The van der Waals surface area contributed by atoms with E-state index in [4.69, 9.17) is 9.47 Å². The highest BCUT2D eigenvalue weighted by Crippen LogP contribution is 2.25. The molecule has 1 fully saturated rings. The van der Waals surface area contributed by atoms with Crippen molar-refractivity contribution in [2.24, 2.45) is 11.8 Å². The largest absolute Gasteiger partial charge is 0.493 e. The predicted molar refractivity (Wildman–Crippen MR) is 115 cm³/mol. The summed E-state index contributed by atoms with van der Waals surface area (Å²) in [6.07, 6.45) is 1.26. The Labute approximate surface area is 169 Å². The second-order valence-electron chi connectivity index (χ2n) is 8.28. The fourth-order valence-electron chi connectivity index (χ4n) is 3.32. The topological polar surface area (TPSA) is 42.5 Å². The van der Waals surface area contributed by atoms with Crippen molar-refractivity contribution in [3.05, 3.63) is 59.2 Å². The molecule has 1 heterocycles. The van der Waals surface area contributed by atoms with E-state index in [-0.39, 0.29) is 0 Å². The van der Waals surface area contributed by atoms with E-state index in [1.165, 1.54) is 23.1 Å². The molecule has 1 saturated heterocycles. The van der Waals surface area contributed by atoms with Crippen LogP contribution in [0.2, 0.25) is 0 Å². The second-order valence-corrected chi connectivity index (χ2v) is 8.28. The van der Waals surface area contributed by atoms with Crippen molar-refractivity contribution < 1.29 is 9.47 Å². The van der Waals surface area contributed by atoms with Gasteiger partial charge in [-0.2, -0.15) is 0 Å². The van der Waals surface area contributed by atoms with Crippen LogP contribution in [0.4, 0.5) is 0 Å². The molecule has 3 rings (SSSR count). The summed E-state index contributed by atoms with van der Waals surface area (Å²) in [6, 6.07) is 14.7. The van der Waals surface area contributed by atoms with Crippen molar-refractivity contribution in [1.29, 1.82) is 0 Å². The molecule has 0 radical (unpaired) electrons. The van der Waals surface area contributed by atoms with Crippen LogP contribution in [0.3, 0.4) is 0 Å². The Kier molecular flexibility index (Phi) is 7.75. The van der Waals surface area contributed by atoms with Crippen LogP contribution in [-0.2, 0) is 13.2 Å². The summed E-state index contributed by atoms with van der Waals surface area (Å²) in [6.45, 7) is 11.8. The van der Waals surface area contributed by atoms with E-state index in [2.05, 4.69) is 67.8 Å². The first kappa shape index (κ1) is 20.7. The van der Waals surface area contributed by atoms with Gasteiger partial charge in [-0.1, -0.05) is 43.7 Å². The molecule has 4 nitrogen and oxygen atoms in total. The summed E-state index contributed by atoms with van der Waals surface area (Å²) in [4.78, 5) is 0. The van der Waals surface area contributed by atoms with Gasteiger partial charge in [0.1, 0.15) is 18.1 Å². The Morgan fingerprint density at radius 1 is 1.04 bits per heavy atom. The van der Waals surface area contributed by atoms with Gasteiger partial charge < -0.3 is 20.1 Å². The Morgan fingerprint density at radius 2 is 1.79 bits per heavy atom. The summed E-state index contributed by atoms with van der Waals surface area (Å²) in [5.74, 6) is 2.97. The molecule has 0 aromatic heterocycles. The van der Waals surface area contributed by atoms with Crippen LogP contribution >= 0.6 is 0 Å². The van der Waals surface area contributed by atoms with E-state index < -0.39 is 0 Å². The molecular formula is C24H34N2O2. The van der Waals surface area contributed by atoms with E-state index in [1.54, 1.807) is 0 Å². The number of aryl methyl sites for hydroxylation is 1. The van der Waals surface area contributed by atoms with Gasteiger partial charge in [0.2, 0.25) is 0 Å². The Bertz CT molecular complexity index is 722. The average Bonchev–Trinajstić information content (AvgIpc) is 3.19. The molecule has 2 N–H and O–H groups in total. The van der Waals surface area contributed by atoms with Crippen molar-refractivity contribution >= 4 is 0 Å². The highest BCUT2D eigenvalue weighted by molar-refractivity contribution is 5.38. The quantitative estimate of drug-likeness (QED) is 0.643. The average molecular weight is 383 g/mol. The molecule has 2 aromatic rings. The molecule has 0 saturated carbocycles. The molecule has 28 heavy (non-hydrogen) atoms. The monoisotopic (exact) mass is 382 g/mol. The molecule has 1 unspecified atom stereocenters. The molecule has 1 aliphatic heterocycles. The molecule has 1 aliphatic rings. The van der Waals surface area contributed by atoms with Crippen LogP contribution in [0, 0.1) is 18.8 Å². The van der Waals surface area contributed by atoms with Crippen molar-refractivity contribution in [3.8, 4) is 11.5 Å². The van der Waals surface area contributed by atoms with E-state index in [0.29, 0.717) is 19.1 Å². The van der Waals surface area contributed by atoms with Gasteiger partial charge in [0.15, 0.2) is 0 Å². The Balaban J connectivity index is 1.62. The normalized spacial score (nSPS) is 16.5. The standard InChI is InChI=1S/C24H34N2O2/c1-18(2)16-27-23-10-22(15-26-14-21-8-9-25-13-21)11-24(12-23)28-17-20-6-4-19(3)5-7-20/h4-7,10-12,18,21,25-26H,8-9,13-17H2,1-3H3. The molecule has 0 bridgehead atoms. The summed E-state index contributed by atoms with van der Waals surface area (Å²) in [5, 5.41) is 7.01. The highest BCUT2D eigenvalue weighted by atomic mass is 16.5. The molecule has 0 spiro atoms. The number of hydrogen-bond donors (Lipinski definition) is 2. The molecule has 2 aromatic carbocycles. The third-order valence-electron chi connectivity index (χ3n) is 4.97. The maximum absolute atomic E-state index is 6.08. The SMILES string of the molecule is Cc1ccc(COc2cc(CNCC3CCNC3)cc(OCC(C)C)c2)cc1. The molecular weight excluding hydrogens is 348 g/mol. The van der Waals surface area contributed by atoms with E-state index in [1.807, 2.05) is 6.07 Å². The Hall–Kier alpha value is -2.04. The minimum atomic E-state index is 0.494. The first-order valence-corrected chi connectivity index (χ1v) is 10.4. The van der Waals surface area contributed by atoms with Gasteiger partial charge >= 0.3 is 0 Å². The third-order valence-corrected chi connectivity index (χ3v) is 4.97. The first-order valence-electron chi connectivity index (χ1n) is 10.4. The summed E-state index contributed by atoms with van der Waals surface area (Å²) < 4.78 is 12.1. The van der Waals surface area contributed by atoms with Gasteiger partial charge in [0, 0.05) is 12.6 Å². The van der Waals surface area contributed by atoms with Gasteiger partial charge in [-0.25, -0.2) is 0 Å². The zero-order chi connectivity index (χ0) is 19.8. The lowest BCUT2D eigenvalue weighted by molar-refractivity contribution is 0.265. The van der Waals surface area contributed by atoms with Gasteiger partial charge in [-0.05, 0) is 68.1 Å². The lowest BCUT2D eigenvalue weighted by Crippen LogP contribution is -2.24. The van der Waals surface area contributed by atoms with Gasteiger partial charge in [0.05, 0.1) is 6.61 Å². The van der Waals surface area contributed by atoms with Gasteiger partial charge in [0.25, 0.3) is 0 Å². The second kappa shape index (κ2) is 10.5. The van der Waals surface area contributed by atoms with Crippen LogP contribution in [0.1, 0.15) is 37.0 Å². The van der Waals surface area contributed by atoms with Crippen molar-refractivity contribution in [3.63, 3.8) is 0 Å². The smallest absolute Gasteiger partial charge is 0.123 e. The van der Waals surface area contributed by atoms with Gasteiger partial charge in [-0.3, -0.25) is 0 Å². The maximum atomic E-state index is 6.08. The number of hydrogen-bond acceptors (Lipinski definition) is 4. The number of ether oxygens (including phenoxy) is 2.